The molecular formula is C24H22N4O2. The lowest BCUT2D eigenvalue weighted by Crippen LogP contribution is -2.46. The van der Waals surface area contributed by atoms with Gasteiger partial charge in [-0.05, 0) is 42.2 Å². The van der Waals surface area contributed by atoms with E-state index in [9.17, 15) is 4.79 Å². The van der Waals surface area contributed by atoms with E-state index >= 15 is 0 Å². The third kappa shape index (κ3) is 3.10. The Labute approximate surface area is 174 Å². The number of H-pyrrole nitrogens is 1. The van der Waals surface area contributed by atoms with Crippen LogP contribution in [0.25, 0.3) is 22.2 Å². The van der Waals surface area contributed by atoms with Crippen molar-refractivity contribution in [1.29, 1.82) is 0 Å². The van der Waals surface area contributed by atoms with Crippen molar-refractivity contribution < 1.29 is 9.53 Å². The molecule has 1 aromatic carbocycles. The number of anilines is 1. The molecule has 150 valence electrons. The van der Waals surface area contributed by atoms with Crippen LogP contribution in [0.2, 0.25) is 0 Å². The van der Waals surface area contributed by atoms with E-state index < -0.39 is 5.41 Å². The Bertz CT molecular complexity index is 1210. The largest absolute Gasteiger partial charge is 0.481 e. The molecular weight excluding hydrogens is 376 g/mol. The second-order valence-corrected chi connectivity index (χ2v) is 7.69. The summed E-state index contributed by atoms with van der Waals surface area (Å²) in [6, 6.07) is 15.9. The summed E-state index contributed by atoms with van der Waals surface area (Å²) < 4.78 is 5.15. The number of fused-ring (bicyclic) bond motifs is 1. The van der Waals surface area contributed by atoms with Crippen molar-refractivity contribution >= 4 is 22.6 Å². The molecule has 0 atom stereocenters. The highest BCUT2D eigenvalue weighted by atomic mass is 16.5. The second-order valence-electron chi connectivity index (χ2n) is 7.69. The zero-order chi connectivity index (χ0) is 20.6. The van der Waals surface area contributed by atoms with Crippen LogP contribution in [0.5, 0.6) is 5.88 Å². The Balaban J connectivity index is 1.40. The Hall–Kier alpha value is -3.67. The molecule has 0 bridgehead atoms. The van der Waals surface area contributed by atoms with Crippen LogP contribution in [0, 0.1) is 0 Å². The third-order valence-corrected chi connectivity index (χ3v) is 6.01. The van der Waals surface area contributed by atoms with Gasteiger partial charge in [-0.15, -0.1) is 0 Å². The summed E-state index contributed by atoms with van der Waals surface area (Å²) >= 11 is 0. The molecule has 1 aliphatic rings. The van der Waals surface area contributed by atoms with Crippen LogP contribution in [-0.2, 0) is 10.2 Å². The number of nitrogens with zero attached hydrogens (tertiary/aromatic N) is 2. The number of rotatable bonds is 5. The standard InChI is InChI=1S/C24H22N4O2/c1-30-21-14-20(8-12-25-21)28-23(29)24(9-2-10-24)19-5-3-16(4-6-19)18-13-17-7-11-26-22(17)27-15-18/h3-8,11-15H,2,9-10H2,1H3,(H,26,27)(H,25,28,29). The molecule has 2 N–H and O–H groups in total. The van der Waals surface area contributed by atoms with E-state index in [0.29, 0.717) is 11.6 Å². The molecule has 0 unspecified atom stereocenters. The number of aromatic nitrogens is 3. The number of hydrogen-bond acceptors (Lipinski definition) is 4. The number of ether oxygens (including phenoxy) is 1. The van der Waals surface area contributed by atoms with E-state index in [0.717, 1.165) is 47.0 Å². The van der Waals surface area contributed by atoms with E-state index in [1.54, 1.807) is 25.4 Å². The number of hydrogen-bond donors (Lipinski definition) is 2. The molecule has 3 aromatic heterocycles. The Morgan fingerprint density at radius 3 is 2.63 bits per heavy atom. The molecule has 0 radical (unpaired) electrons. The van der Waals surface area contributed by atoms with Gasteiger partial charge in [-0.2, -0.15) is 0 Å². The number of pyridine rings is 2. The van der Waals surface area contributed by atoms with E-state index in [1.807, 2.05) is 18.5 Å². The SMILES string of the molecule is COc1cc(NC(=O)C2(c3ccc(-c4cnc5[nH]ccc5c4)cc3)CCC2)ccn1. The van der Waals surface area contributed by atoms with Gasteiger partial charge in [0.2, 0.25) is 11.8 Å². The highest BCUT2D eigenvalue weighted by Gasteiger charge is 2.45. The van der Waals surface area contributed by atoms with Gasteiger partial charge < -0.3 is 15.0 Å². The first-order valence-corrected chi connectivity index (χ1v) is 10.0. The van der Waals surface area contributed by atoms with E-state index in [2.05, 4.69) is 50.6 Å². The monoisotopic (exact) mass is 398 g/mol. The average molecular weight is 398 g/mol. The van der Waals surface area contributed by atoms with Gasteiger partial charge in [-0.1, -0.05) is 30.7 Å². The summed E-state index contributed by atoms with van der Waals surface area (Å²) in [7, 11) is 1.56. The van der Waals surface area contributed by atoms with E-state index in [1.165, 1.54) is 0 Å². The first-order chi connectivity index (χ1) is 14.7. The van der Waals surface area contributed by atoms with Crippen LogP contribution in [0.3, 0.4) is 0 Å². The summed E-state index contributed by atoms with van der Waals surface area (Å²) in [6.07, 6.45) is 8.13. The van der Waals surface area contributed by atoms with Gasteiger partial charge in [0.25, 0.3) is 0 Å². The molecule has 1 amide bonds. The normalized spacial score (nSPS) is 14.8. The number of methoxy groups -OCH3 is 1. The Morgan fingerprint density at radius 1 is 1.07 bits per heavy atom. The van der Waals surface area contributed by atoms with Crippen molar-refractivity contribution in [3.8, 4) is 17.0 Å². The van der Waals surface area contributed by atoms with Crippen molar-refractivity contribution in [2.24, 2.45) is 0 Å². The minimum atomic E-state index is -0.488. The lowest BCUT2D eigenvalue weighted by Gasteiger charge is -2.40. The zero-order valence-corrected chi connectivity index (χ0v) is 16.7. The number of carbonyl (C=O) groups is 1. The molecule has 1 saturated carbocycles. The van der Waals surface area contributed by atoms with Gasteiger partial charge in [0.05, 0.1) is 12.5 Å². The minimum Gasteiger partial charge on any atom is -0.481 e. The van der Waals surface area contributed by atoms with Crippen LogP contribution >= 0.6 is 0 Å². The summed E-state index contributed by atoms with van der Waals surface area (Å²) in [5, 5.41) is 4.13. The average Bonchev–Trinajstić information content (AvgIpc) is 3.21. The first-order valence-electron chi connectivity index (χ1n) is 10.0. The summed E-state index contributed by atoms with van der Waals surface area (Å²) in [5.41, 5.74) is 4.28. The number of amides is 1. The van der Waals surface area contributed by atoms with Gasteiger partial charge in [-0.3, -0.25) is 4.79 Å². The van der Waals surface area contributed by atoms with Gasteiger partial charge >= 0.3 is 0 Å². The fourth-order valence-corrected chi connectivity index (χ4v) is 4.11. The third-order valence-electron chi connectivity index (χ3n) is 6.01. The fraction of sp³-hybridized carbons (Fsp3) is 0.208. The maximum Gasteiger partial charge on any atom is 0.235 e. The molecule has 5 rings (SSSR count). The van der Waals surface area contributed by atoms with Gasteiger partial charge in [0.1, 0.15) is 5.65 Å². The van der Waals surface area contributed by atoms with E-state index in [-0.39, 0.29) is 5.91 Å². The van der Waals surface area contributed by atoms with Crippen molar-refractivity contribution in [3.05, 3.63) is 72.7 Å². The van der Waals surface area contributed by atoms with E-state index in [4.69, 9.17) is 4.74 Å². The molecule has 6 nitrogen and oxygen atoms in total. The Morgan fingerprint density at radius 2 is 1.90 bits per heavy atom. The summed E-state index contributed by atoms with van der Waals surface area (Å²) in [6.45, 7) is 0. The lowest BCUT2D eigenvalue weighted by atomic mass is 9.63. The molecule has 3 heterocycles. The fourth-order valence-electron chi connectivity index (χ4n) is 4.11. The van der Waals surface area contributed by atoms with Crippen molar-refractivity contribution in [2.75, 3.05) is 12.4 Å². The smallest absolute Gasteiger partial charge is 0.235 e. The topological polar surface area (TPSA) is 79.9 Å². The number of aromatic amines is 1. The maximum absolute atomic E-state index is 13.2. The van der Waals surface area contributed by atoms with Crippen LogP contribution in [0.1, 0.15) is 24.8 Å². The molecule has 4 aromatic rings. The molecule has 1 fully saturated rings. The number of benzene rings is 1. The van der Waals surface area contributed by atoms with Gasteiger partial charge in [0, 0.05) is 41.3 Å². The zero-order valence-electron chi connectivity index (χ0n) is 16.7. The highest BCUT2D eigenvalue weighted by Crippen LogP contribution is 2.45. The summed E-state index contributed by atoms with van der Waals surface area (Å²) in [4.78, 5) is 24.9. The predicted octanol–water partition coefficient (Wildman–Crippen LogP) is 4.69. The van der Waals surface area contributed by atoms with Crippen molar-refractivity contribution in [1.82, 2.24) is 15.0 Å². The molecule has 30 heavy (non-hydrogen) atoms. The highest BCUT2D eigenvalue weighted by molar-refractivity contribution is 6.00. The molecule has 1 aliphatic carbocycles. The maximum atomic E-state index is 13.2. The predicted molar refractivity (Wildman–Crippen MR) is 116 cm³/mol. The molecule has 6 heteroatoms. The van der Waals surface area contributed by atoms with Crippen molar-refractivity contribution in [2.45, 2.75) is 24.7 Å². The Kier molecular flexibility index (Phi) is 4.47. The number of carbonyl (C=O) groups excluding carboxylic acids is 1. The van der Waals surface area contributed by atoms with Crippen LogP contribution in [-0.4, -0.2) is 28.0 Å². The molecule has 0 aliphatic heterocycles. The minimum absolute atomic E-state index is 0.0187. The van der Waals surface area contributed by atoms with Gasteiger partial charge in [0.15, 0.2) is 0 Å². The van der Waals surface area contributed by atoms with Gasteiger partial charge in [-0.25, -0.2) is 9.97 Å². The molecule has 0 saturated heterocycles. The van der Waals surface area contributed by atoms with Crippen LogP contribution < -0.4 is 10.1 Å². The quantitative estimate of drug-likeness (QED) is 0.511. The van der Waals surface area contributed by atoms with Crippen LogP contribution in [0.4, 0.5) is 5.69 Å². The lowest BCUT2D eigenvalue weighted by molar-refractivity contribution is -0.124. The summed E-state index contributed by atoms with van der Waals surface area (Å²) in [5.74, 6) is 0.498. The van der Waals surface area contributed by atoms with Crippen LogP contribution in [0.15, 0.2) is 67.1 Å². The second kappa shape index (κ2) is 7.30. The van der Waals surface area contributed by atoms with Crippen molar-refractivity contribution in [3.63, 3.8) is 0 Å². The molecule has 0 spiro atoms. The first kappa shape index (κ1) is 18.4. The number of nitrogens with one attached hydrogen (secondary N) is 2.